The second-order valence-electron chi connectivity index (χ2n) is 5.04. The van der Waals surface area contributed by atoms with Gasteiger partial charge < -0.3 is 15.5 Å². The molecule has 0 amide bonds. The van der Waals surface area contributed by atoms with Crippen LogP contribution in [0.15, 0.2) is 0 Å². The molecule has 2 N–H and O–H groups in total. The Morgan fingerprint density at radius 2 is 2.20 bits per heavy atom. The molecule has 15 heavy (non-hydrogen) atoms. The van der Waals surface area contributed by atoms with Crippen molar-refractivity contribution < 1.29 is 4.39 Å². The van der Waals surface area contributed by atoms with E-state index in [1.807, 2.05) is 0 Å². The van der Waals surface area contributed by atoms with Crippen molar-refractivity contribution in [2.24, 2.45) is 0 Å². The van der Waals surface area contributed by atoms with Gasteiger partial charge in [0.2, 0.25) is 0 Å². The number of piperidine rings is 1. The lowest BCUT2D eigenvalue weighted by Crippen LogP contribution is -2.47. The van der Waals surface area contributed by atoms with Crippen LogP contribution >= 0.6 is 0 Å². The van der Waals surface area contributed by atoms with E-state index < -0.39 is 5.67 Å². The van der Waals surface area contributed by atoms with E-state index in [4.69, 9.17) is 0 Å². The smallest absolute Gasteiger partial charge is 0.136 e. The third kappa shape index (κ3) is 3.13. The fourth-order valence-corrected chi connectivity index (χ4v) is 2.40. The van der Waals surface area contributed by atoms with Crippen molar-refractivity contribution in [3.8, 4) is 0 Å². The van der Waals surface area contributed by atoms with Crippen molar-refractivity contribution in [2.75, 3.05) is 39.8 Å². The number of nitrogens with zero attached hydrogens (tertiary/aromatic N) is 1. The van der Waals surface area contributed by atoms with Gasteiger partial charge in [-0.3, -0.25) is 0 Å². The molecule has 3 nitrogen and oxygen atoms in total. The molecule has 1 unspecified atom stereocenters. The SMILES string of the molecule is CN1CCC(NCC2(F)CCNC2)CC1. The highest BCUT2D eigenvalue weighted by Gasteiger charge is 2.34. The summed E-state index contributed by atoms with van der Waals surface area (Å²) in [6.07, 6.45) is 2.96. The van der Waals surface area contributed by atoms with Crippen LogP contribution in [0.1, 0.15) is 19.3 Å². The summed E-state index contributed by atoms with van der Waals surface area (Å²) in [5, 5.41) is 6.47. The van der Waals surface area contributed by atoms with Crippen molar-refractivity contribution in [3.05, 3.63) is 0 Å². The highest BCUT2D eigenvalue weighted by molar-refractivity contribution is 4.91. The monoisotopic (exact) mass is 215 g/mol. The fraction of sp³-hybridized carbons (Fsp3) is 1.00. The van der Waals surface area contributed by atoms with Gasteiger partial charge in [-0.1, -0.05) is 0 Å². The summed E-state index contributed by atoms with van der Waals surface area (Å²) in [5.41, 5.74) is -0.997. The maximum absolute atomic E-state index is 14.0. The minimum atomic E-state index is -0.997. The van der Waals surface area contributed by atoms with Gasteiger partial charge in [-0.15, -0.1) is 0 Å². The number of hydrogen-bond donors (Lipinski definition) is 2. The van der Waals surface area contributed by atoms with Crippen molar-refractivity contribution in [1.82, 2.24) is 15.5 Å². The zero-order valence-electron chi connectivity index (χ0n) is 9.56. The van der Waals surface area contributed by atoms with Gasteiger partial charge in [-0.05, 0) is 45.9 Å². The molecule has 1 atom stereocenters. The third-order valence-corrected chi connectivity index (χ3v) is 3.62. The Balaban J connectivity index is 1.69. The molecule has 2 rings (SSSR count). The molecule has 2 heterocycles. The normalized spacial score (nSPS) is 34.8. The van der Waals surface area contributed by atoms with Crippen molar-refractivity contribution in [2.45, 2.75) is 31.0 Å². The molecule has 2 aliphatic heterocycles. The van der Waals surface area contributed by atoms with E-state index in [1.165, 1.54) is 0 Å². The van der Waals surface area contributed by atoms with Crippen molar-refractivity contribution in [1.29, 1.82) is 0 Å². The first-order chi connectivity index (χ1) is 7.18. The topological polar surface area (TPSA) is 27.3 Å². The lowest BCUT2D eigenvalue weighted by atomic mass is 10.0. The van der Waals surface area contributed by atoms with Gasteiger partial charge in [-0.2, -0.15) is 0 Å². The van der Waals surface area contributed by atoms with Crippen LogP contribution in [-0.4, -0.2) is 56.4 Å². The average molecular weight is 215 g/mol. The van der Waals surface area contributed by atoms with E-state index in [2.05, 4.69) is 22.6 Å². The molecule has 0 aromatic rings. The van der Waals surface area contributed by atoms with E-state index in [-0.39, 0.29) is 0 Å². The van der Waals surface area contributed by atoms with Crippen LogP contribution in [0.3, 0.4) is 0 Å². The molecule has 0 spiro atoms. The van der Waals surface area contributed by atoms with Gasteiger partial charge >= 0.3 is 0 Å². The van der Waals surface area contributed by atoms with Gasteiger partial charge in [0, 0.05) is 19.1 Å². The Labute approximate surface area is 91.4 Å². The van der Waals surface area contributed by atoms with Gasteiger partial charge in [0.15, 0.2) is 0 Å². The number of halogens is 1. The highest BCUT2D eigenvalue weighted by Crippen LogP contribution is 2.19. The van der Waals surface area contributed by atoms with Gasteiger partial charge in [0.1, 0.15) is 5.67 Å². The maximum atomic E-state index is 14.0. The van der Waals surface area contributed by atoms with Crippen LogP contribution < -0.4 is 10.6 Å². The summed E-state index contributed by atoms with van der Waals surface area (Å²) in [7, 11) is 2.15. The fourth-order valence-electron chi connectivity index (χ4n) is 2.40. The molecule has 88 valence electrons. The second kappa shape index (κ2) is 4.76. The van der Waals surface area contributed by atoms with E-state index in [0.717, 1.165) is 32.5 Å². The largest absolute Gasteiger partial charge is 0.313 e. The molecule has 0 aliphatic carbocycles. The van der Waals surface area contributed by atoms with Gasteiger partial charge in [-0.25, -0.2) is 4.39 Å². The first kappa shape index (κ1) is 11.3. The number of rotatable bonds is 3. The predicted molar refractivity (Wildman–Crippen MR) is 59.8 cm³/mol. The second-order valence-corrected chi connectivity index (χ2v) is 5.04. The van der Waals surface area contributed by atoms with Crippen LogP contribution in [0.25, 0.3) is 0 Å². The van der Waals surface area contributed by atoms with Crippen molar-refractivity contribution >= 4 is 0 Å². The Morgan fingerprint density at radius 3 is 2.80 bits per heavy atom. The standard InChI is InChI=1S/C11H22FN3/c1-15-6-2-10(3-7-15)14-9-11(12)4-5-13-8-11/h10,13-14H,2-9H2,1H3. The quantitative estimate of drug-likeness (QED) is 0.712. The van der Waals surface area contributed by atoms with Gasteiger partial charge in [0.05, 0.1) is 0 Å². The first-order valence-electron chi connectivity index (χ1n) is 6.00. The molecule has 0 saturated carbocycles. The summed E-state index contributed by atoms with van der Waals surface area (Å²) in [6.45, 7) is 4.14. The van der Waals surface area contributed by atoms with Gasteiger partial charge in [0.25, 0.3) is 0 Å². The molecule has 0 aromatic heterocycles. The Kier molecular flexibility index (Phi) is 3.59. The van der Waals surface area contributed by atoms with Crippen LogP contribution in [0, 0.1) is 0 Å². The zero-order valence-corrected chi connectivity index (χ0v) is 9.56. The number of nitrogens with one attached hydrogen (secondary N) is 2. The Hall–Kier alpha value is -0.190. The molecule has 0 radical (unpaired) electrons. The lowest BCUT2D eigenvalue weighted by Gasteiger charge is -2.31. The molecule has 4 heteroatoms. The van der Waals surface area contributed by atoms with Crippen LogP contribution in [0.4, 0.5) is 4.39 Å². The minimum Gasteiger partial charge on any atom is -0.313 e. The third-order valence-electron chi connectivity index (χ3n) is 3.62. The molecule has 0 aromatic carbocycles. The van der Waals surface area contributed by atoms with Crippen molar-refractivity contribution in [3.63, 3.8) is 0 Å². The summed E-state index contributed by atoms with van der Waals surface area (Å²) in [5.74, 6) is 0. The maximum Gasteiger partial charge on any atom is 0.136 e. The highest BCUT2D eigenvalue weighted by atomic mass is 19.1. The zero-order chi connectivity index (χ0) is 10.7. The van der Waals surface area contributed by atoms with E-state index >= 15 is 0 Å². The average Bonchev–Trinajstić information content (AvgIpc) is 2.65. The molecular formula is C11H22FN3. The molecular weight excluding hydrogens is 193 g/mol. The summed E-state index contributed by atoms with van der Waals surface area (Å²) >= 11 is 0. The van der Waals surface area contributed by atoms with E-state index in [9.17, 15) is 4.39 Å². The number of alkyl halides is 1. The summed E-state index contributed by atoms with van der Waals surface area (Å²) in [4.78, 5) is 2.33. The number of hydrogen-bond acceptors (Lipinski definition) is 3. The lowest BCUT2D eigenvalue weighted by molar-refractivity contribution is 0.162. The number of likely N-dealkylation sites (tertiary alicyclic amines) is 1. The predicted octanol–water partition coefficient (Wildman–Crippen LogP) is 0.372. The molecule has 2 saturated heterocycles. The minimum absolute atomic E-state index is 0.520. The van der Waals surface area contributed by atoms with Crippen LogP contribution in [-0.2, 0) is 0 Å². The summed E-state index contributed by atoms with van der Waals surface area (Å²) < 4.78 is 14.0. The van der Waals surface area contributed by atoms with Crippen LogP contribution in [0.2, 0.25) is 0 Å². The molecule has 0 bridgehead atoms. The molecule has 2 aliphatic rings. The van der Waals surface area contributed by atoms with E-state index in [0.29, 0.717) is 25.6 Å². The van der Waals surface area contributed by atoms with Crippen LogP contribution in [0.5, 0.6) is 0 Å². The van der Waals surface area contributed by atoms with E-state index in [1.54, 1.807) is 0 Å². The summed E-state index contributed by atoms with van der Waals surface area (Å²) in [6, 6.07) is 0.523. The Morgan fingerprint density at radius 1 is 1.47 bits per heavy atom. The Bertz CT molecular complexity index is 196. The molecule has 2 fully saturated rings. The first-order valence-corrected chi connectivity index (χ1v) is 6.00.